The van der Waals surface area contributed by atoms with Crippen molar-refractivity contribution in [1.29, 1.82) is 5.41 Å². The van der Waals surface area contributed by atoms with E-state index in [0.717, 1.165) is 48.0 Å². The van der Waals surface area contributed by atoms with Crippen molar-refractivity contribution in [1.82, 2.24) is 15.3 Å². The Hall–Kier alpha value is -2.54. The van der Waals surface area contributed by atoms with E-state index < -0.39 is 0 Å². The normalized spacial score (nSPS) is 17.8. The molecule has 1 saturated carbocycles. The maximum atomic E-state index is 7.43. The van der Waals surface area contributed by atoms with Crippen LogP contribution in [0.3, 0.4) is 0 Å². The Kier molecular flexibility index (Phi) is 9.77. The molecule has 1 aliphatic rings. The number of hydrogen-bond donors (Lipinski definition) is 4. The molecule has 2 aromatic carbocycles. The molecule has 0 atom stereocenters. The van der Waals surface area contributed by atoms with Gasteiger partial charge in [-0.2, -0.15) is 0 Å². The molecule has 1 aromatic heterocycles. The SMILES string of the molecule is Cc1ccc2nc(C=Cc3ccc(Cl)cc3)nc(N[C@H]3CC[C@@H](NC(=N)N)CC3)c2c1.Cl.Cl. The van der Waals surface area contributed by atoms with Crippen LogP contribution in [0.15, 0.2) is 42.5 Å². The number of anilines is 1. The van der Waals surface area contributed by atoms with Crippen LogP contribution >= 0.6 is 36.4 Å². The fraction of sp³-hybridized carbons (Fsp3) is 0.292. The molecule has 0 spiro atoms. The molecule has 33 heavy (non-hydrogen) atoms. The summed E-state index contributed by atoms with van der Waals surface area (Å²) in [5, 5.41) is 15.9. The number of hydrogen-bond acceptors (Lipinski definition) is 4. The fourth-order valence-electron chi connectivity index (χ4n) is 3.98. The van der Waals surface area contributed by atoms with Crippen LogP contribution in [0.4, 0.5) is 5.82 Å². The maximum Gasteiger partial charge on any atom is 0.185 e. The number of guanidine groups is 1. The van der Waals surface area contributed by atoms with Crippen LogP contribution in [-0.2, 0) is 0 Å². The fourth-order valence-corrected chi connectivity index (χ4v) is 4.11. The Labute approximate surface area is 211 Å². The number of aromatic nitrogens is 2. The van der Waals surface area contributed by atoms with Gasteiger partial charge in [0.15, 0.2) is 11.8 Å². The van der Waals surface area contributed by atoms with E-state index in [4.69, 9.17) is 32.7 Å². The second kappa shape index (κ2) is 12.1. The van der Waals surface area contributed by atoms with Crippen LogP contribution in [0.25, 0.3) is 23.1 Å². The molecule has 3 aromatic rings. The second-order valence-electron chi connectivity index (χ2n) is 8.09. The zero-order chi connectivity index (χ0) is 21.8. The lowest BCUT2D eigenvalue weighted by atomic mass is 9.91. The summed E-state index contributed by atoms with van der Waals surface area (Å²) in [5.41, 5.74) is 8.62. The van der Waals surface area contributed by atoms with Gasteiger partial charge in [-0.15, -0.1) is 24.8 Å². The van der Waals surface area contributed by atoms with Gasteiger partial charge in [0.05, 0.1) is 5.52 Å². The average Bonchev–Trinajstić information content (AvgIpc) is 2.75. The van der Waals surface area contributed by atoms with Crippen LogP contribution in [0, 0.1) is 12.3 Å². The third-order valence-electron chi connectivity index (χ3n) is 5.59. The number of nitrogens with zero attached hydrogens (tertiary/aromatic N) is 2. The van der Waals surface area contributed by atoms with Gasteiger partial charge in [0.25, 0.3) is 0 Å². The Morgan fingerprint density at radius 2 is 1.67 bits per heavy atom. The van der Waals surface area contributed by atoms with E-state index in [9.17, 15) is 0 Å². The number of fused-ring (bicyclic) bond motifs is 1. The van der Waals surface area contributed by atoms with E-state index in [1.54, 1.807) is 0 Å². The highest BCUT2D eigenvalue weighted by atomic mass is 35.5. The molecule has 0 radical (unpaired) electrons. The van der Waals surface area contributed by atoms with E-state index in [1.165, 1.54) is 5.56 Å². The number of benzene rings is 2. The molecule has 1 heterocycles. The Morgan fingerprint density at radius 3 is 2.33 bits per heavy atom. The largest absolute Gasteiger partial charge is 0.370 e. The monoisotopic (exact) mass is 506 g/mol. The highest BCUT2D eigenvalue weighted by Gasteiger charge is 2.22. The summed E-state index contributed by atoms with van der Waals surface area (Å²) >= 11 is 5.98. The average molecular weight is 508 g/mol. The number of rotatable bonds is 5. The maximum absolute atomic E-state index is 7.43. The Bertz CT molecular complexity index is 1110. The van der Waals surface area contributed by atoms with Crippen LogP contribution in [0.1, 0.15) is 42.6 Å². The van der Waals surface area contributed by atoms with Gasteiger partial charge in [-0.25, -0.2) is 9.97 Å². The summed E-state index contributed by atoms with van der Waals surface area (Å²) in [7, 11) is 0. The van der Waals surface area contributed by atoms with Crippen LogP contribution < -0.4 is 16.4 Å². The first kappa shape index (κ1) is 26.7. The van der Waals surface area contributed by atoms with Crippen molar-refractivity contribution in [3.63, 3.8) is 0 Å². The standard InChI is InChI=1S/C24H27ClN6.2ClH/c1-15-2-12-21-20(14-15)23(28-18-8-10-19(11-9-18)29-24(26)27)31-22(30-21)13-5-16-3-6-17(25)7-4-16;;/h2-7,12-14,18-19H,8-11H2,1H3,(H4,26,27,29)(H,28,30,31);2*1H/t18-,19+;;. The van der Waals surface area contributed by atoms with Gasteiger partial charge in [0, 0.05) is 22.5 Å². The zero-order valence-corrected chi connectivity index (χ0v) is 20.7. The molecule has 9 heteroatoms. The summed E-state index contributed by atoms with van der Waals surface area (Å²) < 4.78 is 0. The molecule has 0 bridgehead atoms. The van der Waals surface area contributed by atoms with Crippen molar-refractivity contribution in [2.24, 2.45) is 5.73 Å². The van der Waals surface area contributed by atoms with Crippen molar-refractivity contribution >= 4 is 71.2 Å². The third-order valence-corrected chi connectivity index (χ3v) is 5.84. The Balaban J connectivity index is 0.00000193. The minimum absolute atomic E-state index is 0. The van der Waals surface area contributed by atoms with Crippen molar-refractivity contribution < 1.29 is 0 Å². The Morgan fingerprint density at radius 1 is 1.00 bits per heavy atom. The van der Waals surface area contributed by atoms with Gasteiger partial charge in [0.1, 0.15) is 5.82 Å². The molecule has 5 N–H and O–H groups in total. The van der Waals surface area contributed by atoms with Gasteiger partial charge in [-0.1, -0.05) is 41.4 Å². The predicted molar refractivity (Wildman–Crippen MR) is 144 cm³/mol. The molecule has 1 aliphatic carbocycles. The topological polar surface area (TPSA) is 99.7 Å². The molecule has 1 fully saturated rings. The van der Waals surface area contributed by atoms with Crippen molar-refractivity contribution in [2.75, 3.05) is 5.32 Å². The summed E-state index contributed by atoms with van der Waals surface area (Å²) in [6.45, 7) is 2.08. The molecule has 176 valence electrons. The minimum Gasteiger partial charge on any atom is -0.370 e. The van der Waals surface area contributed by atoms with Crippen molar-refractivity contribution in [2.45, 2.75) is 44.7 Å². The third kappa shape index (κ3) is 7.22. The highest BCUT2D eigenvalue weighted by molar-refractivity contribution is 6.30. The molecule has 0 amide bonds. The van der Waals surface area contributed by atoms with Crippen LogP contribution in [0.5, 0.6) is 0 Å². The highest BCUT2D eigenvalue weighted by Crippen LogP contribution is 2.27. The lowest BCUT2D eigenvalue weighted by molar-refractivity contribution is 0.386. The van der Waals surface area contributed by atoms with E-state index in [0.29, 0.717) is 16.9 Å². The number of halogens is 3. The first-order chi connectivity index (χ1) is 15.0. The van der Waals surface area contributed by atoms with Crippen LogP contribution in [0.2, 0.25) is 5.02 Å². The molecule has 0 aliphatic heterocycles. The molecular formula is C24H29Cl3N6. The minimum atomic E-state index is 0. The van der Waals surface area contributed by atoms with Crippen molar-refractivity contribution in [3.8, 4) is 0 Å². The number of nitrogens with two attached hydrogens (primary N) is 1. The number of aryl methyl sites for hydroxylation is 1. The molecule has 0 unspecified atom stereocenters. The van der Waals surface area contributed by atoms with E-state index in [1.807, 2.05) is 42.5 Å². The molecule has 4 rings (SSSR count). The smallest absolute Gasteiger partial charge is 0.185 e. The number of nitrogens with one attached hydrogen (secondary N) is 3. The van der Waals surface area contributed by atoms with E-state index in [2.05, 4.69) is 29.7 Å². The van der Waals surface area contributed by atoms with Gasteiger partial charge < -0.3 is 16.4 Å². The summed E-state index contributed by atoms with van der Waals surface area (Å²) in [6.07, 6.45) is 7.87. The second-order valence-corrected chi connectivity index (χ2v) is 8.52. The quantitative estimate of drug-likeness (QED) is 0.258. The first-order valence-electron chi connectivity index (χ1n) is 10.6. The summed E-state index contributed by atoms with van der Waals surface area (Å²) in [6, 6.07) is 14.5. The molecule has 6 nitrogen and oxygen atoms in total. The molecule has 0 saturated heterocycles. The van der Waals surface area contributed by atoms with Gasteiger partial charge in [0.2, 0.25) is 0 Å². The van der Waals surface area contributed by atoms with E-state index in [-0.39, 0.29) is 36.8 Å². The summed E-state index contributed by atoms with van der Waals surface area (Å²) in [4.78, 5) is 9.57. The predicted octanol–water partition coefficient (Wildman–Crippen LogP) is 5.81. The van der Waals surface area contributed by atoms with Gasteiger partial charge >= 0.3 is 0 Å². The first-order valence-corrected chi connectivity index (χ1v) is 10.9. The van der Waals surface area contributed by atoms with Gasteiger partial charge in [-0.05, 0) is 68.5 Å². The molecular weight excluding hydrogens is 479 g/mol. The van der Waals surface area contributed by atoms with Crippen LogP contribution in [-0.4, -0.2) is 28.0 Å². The van der Waals surface area contributed by atoms with Gasteiger partial charge in [-0.3, -0.25) is 5.41 Å². The lowest BCUT2D eigenvalue weighted by Gasteiger charge is -2.30. The lowest BCUT2D eigenvalue weighted by Crippen LogP contribution is -2.43. The van der Waals surface area contributed by atoms with Crippen molar-refractivity contribution in [3.05, 3.63) is 64.4 Å². The van der Waals surface area contributed by atoms with E-state index >= 15 is 0 Å². The summed E-state index contributed by atoms with van der Waals surface area (Å²) in [5.74, 6) is 1.58. The zero-order valence-electron chi connectivity index (χ0n) is 18.3.